The molecule has 0 atom stereocenters. The third-order valence-corrected chi connectivity index (χ3v) is 3.79. The third kappa shape index (κ3) is 2.94. The first-order valence-corrected chi connectivity index (χ1v) is 7.80. The van der Waals surface area contributed by atoms with Crippen LogP contribution in [0.15, 0.2) is 55.1 Å². The zero-order chi connectivity index (χ0) is 17.9. The summed E-state index contributed by atoms with van der Waals surface area (Å²) in [6.45, 7) is -0.00226. The summed E-state index contributed by atoms with van der Waals surface area (Å²) in [6, 6.07) is 11.1. The van der Waals surface area contributed by atoms with E-state index in [2.05, 4.69) is 31.4 Å². The van der Waals surface area contributed by atoms with Crippen LogP contribution in [-0.4, -0.2) is 29.7 Å². The van der Waals surface area contributed by atoms with Crippen LogP contribution in [-0.2, 0) is 6.61 Å². The van der Waals surface area contributed by atoms with E-state index in [0.29, 0.717) is 28.4 Å². The Hall–Kier alpha value is -3.83. The van der Waals surface area contributed by atoms with Gasteiger partial charge in [-0.2, -0.15) is 10.2 Å². The van der Waals surface area contributed by atoms with E-state index in [1.54, 1.807) is 29.2 Å². The summed E-state index contributed by atoms with van der Waals surface area (Å²) >= 11 is 0. The molecule has 8 nitrogen and oxygen atoms in total. The van der Waals surface area contributed by atoms with E-state index in [-0.39, 0.29) is 6.61 Å². The molecule has 26 heavy (non-hydrogen) atoms. The standard InChI is InChI=1S/C18H13N7O/c19-8-13-7-14(10-20-9-13)16-17-23-18(24-25(17)6-5-21-16)22-15-3-1-12(11-26)2-4-15/h1-7,9-10,26H,11H2,(H,22,24). The van der Waals surface area contributed by atoms with Gasteiger partial charge in [-0.25, -0.2) is 4.52 Å². The van der Waals surface area contributed by atoms with Crippen LogP contribution in [0.3, 0.4) is 0 Å². The molecule has 0 fully saturated rings. The lowest BCUT2D eigenvalue weighted by Crippen LogP contribution is -1.94. The van der Waals surface area contributed by atoms with Gasteiger partial charge in [0, 0.05) is 36.0 Å². The van der Waals surface area contributed by atoms with Gasteiger partial charge in [-0.3, -0.25) is 9.97 Å². The van der Waals surface area contributed by atoms with Gasteiger partial charge < -0.3 is 10.4 Å². The Balaban J connectivity index is 1.72. The van der Waals surface area contributed by atoms with E-state index in [1.807, 2.05) is 24.3 Å². The average molecular weight is 343 g/mol. The highest BCUT2D eigenvalue weighted by atomic mass is 16.3. The molecule has 0 aliphatic carbocycles. The van der Waals surface area contributed by atoms with Crippen LogP contribution in [0.25, 0.3) is 16.9 Å². The molecule has 0 aliphatic rings. The Labute approximate surface area is 148 Å². The Kier molecular flexibility index (Phi) is 3.97. The van der Waals surface area contributed by atoms with Crippen molar-refractivity contribution >= 4 is 17.3 Å². The molecular formula is C18H13N7O. The second-order valence-electron chi connectivity index (χ2n) is 5.53. The zero-order valence-electron chi connectivity index (χ0n) is 13.5. The summed E-state index contributed by atoms with van der Waals surface area (Å²) < 4.78 is 1.62. The van der Waals surface area contributed by atoms with Crippen LogP contribution in [0.5, 0.6) is 0 Å². The molecule has 0 saturated carbocycles. The monoisotopic (exact) mass is 343 g/mol. The minimum Gasteiger partial charge on any atom is -0.392 e. The second kappa shape index (κ2) is 6.58. The van der Waals surface area contributed by atoms with Gasteiger partial charge in [-0.05, 0) is 23.8 Å². The Bertz CT molecular complexity index is 1110. The third-order valence-electron chi connectivity index (χ3n) is 3.79. The van der Waals surface area contributed by atoms with E-state index >= 15 is 0 Å². The highest BCUT2D eigenvalue weighted by Crippen LogP contribution is 2.23. The van der Waals surface area contributed by atoms with Crippen molar-refractivity contribution in [3.8, 4) is 17.3 Å². The summed E-state index contributed by atoms with van der Waals surface area (Å²) in [5, 5.41) is 25.7. The van der Waals surface area contributed by atoms with Crippen molar-refractivity contribution in [1.82, 2.24) is 24.6 Å². The number of aromatic nitrogens is 5. The number of aliphatic hydroxyl groups is 1. The average Bonchev–Trinajstić information content (AvgIpc) is 3.11. The van der Waals surface area contributed by atoms with Crippen LogP contribution in [0.1, 0.15) is 11.1 Å². The molecule has 0 spiro atoms. The van der Waals surface area contributed by atoms with Gasteiger partial charge in [-0.15, -0.1) is 5.10 Å². The van der Waals surface area contributed by atoms with Crippen molar-refractivity contribution in [2.45, 2.75) is 6.61 Å². The Morgan fingerprint density at radius 1 is 1.19 bits per heavy atom. The number of benzene rings is 1. The van der Waals surface area contributed by atoms with Crippen molar-refractivity contribution < 1.29 is 5.11 Å². The summed E-state index contributed by atoms with van der Waals surface area (Å²) in [4.78, 5) is 12.9. The molecule has 2 N–H and O–H groups in total. The van der Waals surface area contributed by atoms with E-state index in [0.717, 1.165) is 11.3 Å². The predicted molar refractivity (Wildman–Crippen MR) is 94.4 cm³/mol. The molecule has 3 heterocycles. The number of pyridine rings is 1. The summed E-state index contributed by atoms with van der Waals surface area (Å²) in [5.74, 6) is 0.417. The lowest BCUT2D eigenvalue weighted by atomic mass is 10.1. The van der Waals surface area contributed by atoms with Gasteiger partial charge in [0.15, 0.2) is 5.65 Å². The maximum absolute atomic E-state index is 9.11. The molecule has 0 aliphatic heterocycles. The largest absolute Gasteiger partial charge is 0.392 e. The topological polar surface area (TPSA) is 112 Å². The molecule has 3 aromatic heterocycles. The second-order valence-corrected chi connectivity index (χ2v) is 5.53. The summed E-state index contributed by atoms with van der Waals surface area (Å²) in [6.07, 6.45) is 6.46. The molecule has 0 unspecified atom stereocenters. The number of fused-ring (bicyclic) bond motifs is 1. The maximum Gasteiger partial charge on any atom is 0.247 e. The Morgan fingerprint density at radius 3 is 2.81 bits per heavy atom. The van der Waals surface area contributed by atoms with Crippen LogP contribution in [0.2, 0.25) is 0 Å². The highest BCUT2D eigenvalue weighted by molar-refractivity contribution is 5.74. The van der Waals surface area contributed by atoms with Gasteiger partial charge in [0.1, 0.15) is 11.8 Å². The molecule has 1 aromatic carbocycles. The number of nitrogens with one attached hydrogen (secondary N) is 1. The van der Waals surface area contributed by atoms with Gasteiger partial charge in [0.05, 0.1) is 12.2 Å². The maximum atomic E-state index is 9.11. The van der Waals surface area contributed by atoms with Crippen molar-refractivity contribution in [3.05, 3.63) is 66.2 Å². The first kappa shape index (κ1) is 15.7. The molecule has 0 amide bonds. The smallest absolute Gasteiger partial charge is 0.247 e. The number of hydrogen-bond donors (Lipinski definition) is 2. The molecule has 0 radical (unpaired) electrons. The Morgan fingerprint density at radius 2 is 2.04 bits per heavy atom. The number of aliphatic hydroxyl groups excluding tert-OH is 1. The number of rotatable bonds is 4. The van der Waals surface area contributed by atoms with E-state index in [1.165, 1.54) is 6.20 Å². The number of nitrogens with zero attached hydrogens (tertiary/aromatic N) is 6. The van der Waals surface area contributed by atoms with Gasteiger partial charge >= 0.3 is 0 Å². The summed E-state index contributed by atoms with van der Waals surface area (Å²) in [7, 11) is 0. The number of hydrogen-bond acceptors (Lipinski definition) is 7. The molecular weight excluding hydrogens is 330 g/mol. The van der Waals surface area contributed by atoms with Crippen LogP contribution in [0.4, 0.5) is 11.6 Å². The van der Waals surface area contributed by atoms with Crippen molar-refractivity contribution in [1.29, 1.82) is 5.26 Å². The van der Waals surface area contributed by atoms with E-state index < -0.39 is 0 Å². The SMILES string of the molecule is N#Cc1cncc(-c2nccn3nc(Nc4ccc(CO)cc4)nc23)c1. The molecule has 0 bridgehead atoms. The number of anilines is 2. The van der Waals surface area contributed by atoms with E-state index in [4.69, 9.17) is 10.4 Å². The normalized spacial score (nSPS) is 10.6. The van der Waals surface area contributed by atoms with Gasteiger partial charge in [0.2, 0.25) is 5.95 Å². The van der Waals surface area contributed by atoms with E-state index in [9.17, 15) is 0 Å². The lowest BCUT2D eigenvalue weighted by molar-refractivity contribution is 0.282. The first-order chi connectivity index (χ1) is 12.8. The fourth-order valence-electron chi connectivity index (χ4n) is 2.53. The molecule has 8 heteroatoms. The van der Waals surface area contributed by atoms with Crippen molar-refractivity contribution in [3.63, 3.8) is 0 Å². The molecule has 4 rings (SSSR count). The molecule has 0 saturated heterocycles. The van der Waals surface area contributed by atoms with Gasteiger partial charge in [-0.1, -0.05) is 12.1 Å². The fourth-order valence-corrected chi connectivity index (χ4v) is 2.53. The zero-order valence-corrected chi connectivity index (χ0v) is 13.5. The molecule has 126 valence electrons. The first-order valence-electron chi connectivity index (χ1n) is 7.80. The minimum atomic E-state index is -0.00226. The van der Waals surface area contributed by atoms with Crippen molar-refractivity contribution in [2.24, 2.45) is 0 Å². The van der Waals surface area contributed by atoms with Crippen molar-refractivity contribution in [2.75, 3.05) is 5.32 Å². The van der Waals surface area contributed by atoms with Crippen LogP contribution < -0.4 is 5.32 Å². The predicted octanol–water partition coefficient (Wildman–Crippen LogP) is 2.29. The van der Waals surface area contributed by atoms with Gasteiger partial charge in [0.25, 0.3) is 0 Å². The molecule has 4 aromatic rings. The minimum absolute atomic E-state index is 0.00226. The number of nitriles is 1. The highest BCUT2D eigenvalue weighted by Gasteiger charge is 2.12. The summed E-state index contributed by atoms with van der Waals surface area (Å²) in [5.41, 5.74) is 3.93. The lowest BCUT2D eigenvalue weighted by Gasteiger charge is -2.02. The fraction of sp³-hybridized carbons (Fsp3) is 0.0556. The van der Waals surface area contributed by atoms with Crippen LogP contribution >= 0.6 is 0 Å². The quantitative estimate of drug-likeness (QED) is 0.584. The van der Waals surface area contributed by atoms with Crippen LogP contribution in [0, 0.1) is 11.3 Å².